The van der Waals surface area contributed by atoms with Gasteiger partial charge in [-0.25, -0.2) is 13.2 Å². The first-order valence-corrected chi connectivity index (χ1v) is 5.83. The van der Waals surface area contributed by atoms with E-state index < -0.39 is 17.0 Å². The van der Waals surface area contributed by atoms with Crippen LogP contribution >= 0.6 is 11.6 Å². The highest BCUT2D eigenvalue weighted by Gasteiger charge is 2.15. The highest BCUT2D eigenvalue weighted by Crippen LogP contribution is 2.28. The lowest BCUT2D eigenvalue weighted by molar-refractivity contribution is 0.581. The summed E-state index contributed by atoms with van der Waals surface area (Å²) in [7, 11) is 0. The van der Waals surface area contributed by atoms with Crippen molar-refractivity contribution >= 4 is 11.6 Å². The second kappa shape index (κ2) is 5.44. The average Bonchev–Trinajstić information content (AvgIpc) is 2.32. The van der Waals surface area contributed by atoms with E-state index in [4.69, 9.17) is 11.6 Å². The Morgan fingerprint density at radius 2 is 1.67 bits per heavy atom. The highest BCUT2D eigenvalue weighted by atomic mass is 35.5. The number of halogens is 4. The molecule has 0 heterocycles. The molecule has 1 atom stereocenters. The summed E-state index contributed by atoms with van der Waals surface area (Å²) in [6.45, 7) is 0. The molecule has 2 rings (SSSR count). The molecule has 0 fully saturated rings. The van der Waals surface area contributed by atoms with Crippen molar-refractivity contribution in [1.29, 1.82) is 0 Å². The van der Waals surface area contributed by atoms with E-state index in [-0.39, 0.29) is 17.8 Å². The van der Waals surface area contributed by atoms with Crippen molar-refractivity contribution in [2.75, 3.05) is 0 Å². The quantitative estimate of drug-likeness (QED) is 0.714. The van der Waals surface area contributed by atoms with Crippen LogP contribution in [0.15, 0.2) is 42.5 Å². The minimum absolute atomic E-state index is 0.0842. The minimum Gasteiger partial charge on any atom is -0.207 e. The topological polar surface area (TPSA) is 0 Å². The fourth-order valence-corrected chi connectivity index (χ4v) is 2.08. The first-order chi connectivity index (χ1) is 8.56. The van der Waals surface area contributed by atoms with Gasteiger partial charge in [0.15, 0.2) is 0 Å². The van der Waals surface area contributed by atoms with Crippen LogP contribution in [0.3, 0.4) is 0 Å². The largest absolute Gasteiger partial charge is 0.207 e. The lowest BCUT2D eigenvalue weighted by Gasteiger charge is -2.11. The second-order valence-corrected chi connectivity index (χ2v) is 4.49. The van der Waals surface area contributed by atoms with E-state index >= 15 is 0 Å². The molecular formula is C14H10ClF3. The molecular weight excluding hydrogens is 261 g/mol. The highest BCUT2D eigenvalue weighted by molar-refractivity contribution is 6.20. The van der Waals surface area contributed by atoms with E-state index in [1.165, 1.54) is 12.1 Å². The summed E-state index contributed by atoms with van der Waals surface area (Å²) in [4.78, 5) is 0. The predicted molar refractivity (Wildman–Crippen MR) is 65.1 cm³/mol. The SMILES string of the molecule is Fc1cccc(CC(Cl)c2cc(F)ccc2F)c1. The second-order valence-electron chi connectivity index (χ2n) is 3.97. The van der Waals surface area contributed by atoms with Crippen LogP contribution in [0.25, 0.3) is 0 Å². The molecule has 0 aliphatic carbocycles. The monoisotopic (exact) mass is 270 g/mol. The maximum Gasteiger partial charge on any atom is 0.128 e. The van der Waals surface area contributed by atoms with Crippen LogP contribution in [0.5, 0.6) is 0 Å². The van der Waals surface area contributed by atoms with Crippen LogP contribution in [-0.4, -0.2) is 0 Å². The van der Waals surface area contributed by atoms with Crippen LogP contribution < -0.4 is 0 Å². The molecule has 0 N–H and O–H groups in total. The van der Waals surface area contributed by atoms with Gasteiger partial charge < -0.3 is 0 Å². The Morgan fingerprint density at radius 1 is 0.944 bits per heavy atom. The Hall–Kier alpha value is -1.48. The Labute approximate surface area is 108 Å². The first kappa shape index (κ1) is 13.0. The van der Waals surface area contributed by atoms with Gasteiger partial charge in [-0.05, 0) is 42.3 Å². The molecule has 4 heteroatoms. The lowest BCUT2D eigenvalue weighted by atomic mass is 10.0. The fraction of sp³-hybridized carbons (Fsp3) is 0.143. The van der Waals surface area contributed by atoms with Crippen molar-refractivity contribution in [2.45, 2.75) is 11.8 Å². The lowest BCUT2D eigenvalue weighted by Crippen LogP contribution is -2.00. The summed E-state index contributed by atoms with van der Waals surface area (Å²) in [5, 5.41) is -0.734. The Morgan fingerprint density at radius 3 is 2.39 bits per heavy atom. The van der Waals surface area contributed by atoms with Crippen LogP contribution in [-0.2, 0) is 6.42 Å². The summed E-state index contributed by atoms with van der Waals surface area (Å²) in [6, 6.07) is 9.01. The van der Waals surface area contributed by atoms with Gasteiger partial charge in [-0.15, -0.1) is 11.6 Å². The van der Waals surface area contributed by atoms with Gasteiger partial charge in [-0.2, -0.15) is 0 Å². The smallest absolute Gasteiger partial charge is 0.128 e. The minimum atomic E-state index is -0.734. The van der Waals surface area contributed by atoms with E-state index in [0.717, 1.165) is 18.2 Å². The van der Waals surface area contributed by atoms with E-state index in [9.17, 15) is 13.2 Å². The normalized spacial score (nSPS) is 12.4. The maximum absolute atomic E-state index is 13.5. The zero-order valence-electron chi connectivity index (χ0n) is 9.34. The molecule has 2 aromatic rings. The maximum atomic E-state index is 13.5. The molecule has 0 aliphatic heterocycles. The molecule has 0 saturated heterocycles. The Kier molecular flexibility index (Phi) is 3.92. The molecule has 0 nitrogen and oxygen atoms in total. The average molecular weight is 271 g/mol. The molecule has 18 heavy (non-hydrogen) atoms. The zero-order valence-corrected chi connectivity index (χ0v) is 10.1. The van der Waals surface area contributed by atoms with Gasteiger partial charge in [0.1, 0.15) is 17.5 Å². The van der Waals surface area contributed by atoms with Gasteiger partial charge in [0, 0.05) is 5.56 Å². The molecule has 94 valence electrons. The standard InChI is InChI=1S/C14H10ClF3/c15-13(7-9-2-1-3-10(16)6-9)12-8-11(17)4-5-14(12)18/h1-6,8,13H,7H2. The summed E-state index contributed by atoms with van der Waals surface area (Å²) in [5.74, 6) is -1.49. The summed E-state index contributed by atoms with van der Waals surface area (Å²) >= 11 is 6.04. The fourth-order valence-electron chi connectivity index (χ4n) is 1.74. The van der Waals surface area contributed by atoms with Crippen LogP contribution in [0, 0.1) is 17.5 Å². The predicted octanol–water partition coefficient (Wildman–Crippen LogP) is 4.63. The molecule has 0 aliphatic rings. The van der Waals surface area contributed by atoms with E-state index in [2.05, 4.69) is 0 Å². The third-order valence-corrected chi connectivity index (χ3v) is 2.99. The van der Waals surface area contributed by atoms with E-state index in [0.29, 0.717) is 5.56 Å². The van der Waals surface area contributed by atoms with Gasteiger partial charge in [0.25, 0.3) is 0 Å². The van der Waals surface area contributed by atoms with Crippen LogP contribution in [0.1, 0.15) is 16.5 Å². The number of alkyl halides is 1. The molecule has 0 bridgehead atoms. The molecule has 2 aromatic carbocycles. The van der Waals surface area contributed by atoms with Crippen LogP contribution in [0.2, 0.25) is 0 Å². The van der Waals surface area contributed by atoms with E-state index in [1.807, 2.05) is 0 Å². The van der Waals surface area contributed by atoms with Crippen molar-refractivity contribution < 1.29 is 13.2 Å². The zero-order chi connectivity index (χ0) is 13.1. The molecule has 0 spiro atoms. The van der Waals surface area contributed by atoms with Crippen LogP contribution in [0.4, 0.5) is 13.2 Å². The first-order valence-electron chi connectivity index (χ1n) is 5.40. The third kappa shape index (κ3) is 3.05. The number of hydrogen-bond acceptors (Lipinski definition) is 0. The van der Waals surface area contributed by atoms with Gasteiger partial charge in [-0.3, -0.25) is 0 Å². The van der Waals surface area contributed by atoms with Gasteiger partial charge in [0.2, 0.25) is 0 Å². The summed E-state index contributed by atoms with van der Waals surface area (Å²) < 4.78 is 39.5. The van der Waals surface area contributed by atoms with Gasteiger partial charge >= 0.3 is 0 Å². The third-order valence-electron chi connectivity index (χ3n) is 2.60. The summed E-state index contributed by atoms with van der Waals surface area (Å²) in [5.41, 5.74) is 0.722. The Balaban J connectivity index is 2.21. The summed E-state index contributed by atoms with van der Waals surface area (Å²) in [6.07, 6.45) is 0.236. The number of rotatable bonds is 3. The van der Waals surface area contributed by atoms with Gasteiger partial charge in [-0.1, -0.05) is 12.1 Å². The van der Waals surface area contributed by atoms with Crippen molar-refractivity contribution in [3.63, 3.8) is 0 Å². The van der Waals surface area contributed by atoms with Crippen molar-refractivity contribution in [3.8, 4) is 0 Å². The van der Waals surface area contributed by atoms with Gasteiger partial charge in [0.05, 0.1) is 5.38 Å². The van der Waals surface area contributed by atoms with Crippen molar-refractivity contribution in [2.24, 2.45) is 0 Å². The molecule has 0 aromatic heterocycles. The molecule has 0 amide bonds. The molecule has 0 radical (unpaired) electrons. The molecule has 1 unspecified atom stereocenters. The molecule has 0 saturated carbocycles. The van der Waals surface area contributed by atoms with E-state index in [1.54, 1.807) is 12.1 Å². The van der Waals surface area contributed by atoms with Crippen molar-refractivity contribution in [1.82, 2.24) is 0 Å². The number of hydrogen-bond donors (Lipinski definition) is 0. The number of benzene rings is 2. The Bertz CT molecular complexity index is 554. The van der Waals surface area contributed by atoms with Crippen molar-refractivity contribution in [3.05, 3.63) is 71.0 Å².